The molecular formula is C7H11FN2O2S. The molecule has 0 amide bonds. The molecule has 0 bridgehead atoms. The van der Waals surface area contributed by atoms with Crippen molar-refractivity contribution < 1.29 is 12.3 Å². The predicted octanol–water partition coefficient (Wildman–Crippen LogP) is 0.179. The second-order valence-electron chi connectivity index (χ2n) is 3.33. The van der Waals surface area contributed by atoms with Gasteiger partial charge in [0.25, 0.3) is 0 Å². The summed E-state index contributed by atoms with van der Waals surface area (Å²) in [6.07, 6.45) is 0.791. The van der Waals surface area contributed by atoms with Crippen molar-refractivity contribution >= 4 is 10.2 Å². The molecule has 0 aromatic rings. The quantitative estimate of drug-likeness (QED) is 0.654. The fourth-order valence-corrected chi connectivity index (χ4v) is 2.54. The van der Waals surface area contributed by atoms with E-state index in [0.29, 0.717) is 25.9 Å². The van der Waals surface area contributed by atoms with Gasteiger partial charge in [-0.25, -0.2) is 0 Å². The summed E-state index contributed by atoms with van der Waals surface area (Å²) in [5.41, 5.74) is -1.02. The van der Waals surface area contributed by atoms with Gasteiger partial charge in [-0.05, 0) is 25.9 Å². The average molecular weight is 206 g/mol. The highest BCUT2D eigenvalue weighted by molar-refractivity contribution is 7.86. The van der Waals surface area contributed by atoms with E-state index in [1.165, 1.54) is 0 Å². The molecule has 0 atom stereocenters. The first-order valence-electron chi connectivity index (χ1n) is 4.02. The summed E-state index contributed by atoms with van der Waals surface area (Å²) in [6, 6.07) is 1.91. The maximum Gasteiger partial charge on any atom is 0.303 e. The van der Waals surface area contributed by atoms with Crippen LogP contribution in [0.5, 0.6) is 0 Å². The van der Waals surface area contributed by atoms with E-state index in [2.05, 4.69) is 5.32 Å². The Labute approximate surface area is 77.0 Å². The molecule has 0 unspecified atom stereocenters. The van der Waals surface area contributed by atoms with Gasteiger partial charge in [0.15, 0.2) is 0 Å². The van der Waals surface area contributed by atoms with Gasteiger partial charge in [0.1, 0.15) is 0 Å². The van der Waals surface area contributed by atoms with Crippen molar-refractivity contribution in [2.24, 2.45) is 5.41 Å². The molecule has 1 saturated heterocycles. The third-order valence-electron chi connectivity index (χ3n) is 2.25. The third-order valence-corrected chi connectivity index (χ3v) is 3.14. The second-order valence-corrected chi connectivity index (χ2v) is 4.69. The fourth-order valence-electron chi connectivity index (χ4n) is 1.52. The zero-order valence-electron chi connectivity index (χ0n) is 7.09. The number of nitriles is 1. The SMILES string of the molecule is N#CC1(CS(=O)(=O)F)CCNCC1. The fraction of sp³-hybridized carbons (Fsp3) is 0.857. The molecule has 1 aliphatic rings. The van der Waals surface area contributed by atoms with E-state index >= 15 is 0 Å². The van der Waals surface area contributed by atoms with Crippen LogP contribution in [0.3, 0.4) is 0 Å². The summed E-state index contributed by atoms with van der Waals surface area (Å²) in [4.78, 5) is 0. The van der Waals surface area contributed by atoms with Crippen LogP contribution in [0.25, 0.3) is 0 Å². The summed E-state index contributed by atoms with van der Waals surface area (Å²) in [5, 5.41) is 11.8. The minimum atomic E-state index is -4.54. The molecule has 1 heterocycles. The van der Waals surface area contributed by atoms with E-state index in [1.807, 2.05) is 6.07 Å². The Morgan fingerprint density at radius 3 is 2.38 bits per heavy atom. The van der Waals surface area contributed by atoms with Gasteiger partial charge in [-0.3, -0.25) is 0 Å². The minimum absolute atomic E-state index is 0.395. The standard InChI is InChI=1S/C7H11FN2O2S/c8-13(11,12)6-7(5-9)1-3-10-4-2-7/h10H,1-4,6H2. The summed E-state index contributed by atoms with van der Waals surface area (Å²) < 4.78 is 33.3. The summed E-state index contributed by atoms with van der Waals surface area (Å²) in [6.45, 7) is 1.14. The van der Waals surface area contributed by atoms with Gasteiger partial charge in [0, 0.05) is 0 Å². The highest BCUT2D eigenvalue weighted by atomic mass is 32.3. The van der Waals surface area contributed by atoms with Gasteiger partial charge < -0.3 is 5.32 Å². The van der Waals surface area contributed by atoms with Crippen LogP contribution in [0.15, 0.2) is 0 Å². The van der Waals surface area contributed by atoms with Crippen LogP contribution < -0.4 is 5.32 Å². The Balaban J connectivity index is 2.76. The highest BCUT2D eigenvalue weighted by Gasteiger charge is 2.37. The van der Waals surface area contributed by atoms with Crippen LogP contribution >= 0.6 is 0 Å². The Hall–Kier alpha value is -0.670. The summed E-state index contributed by atoms with van der Waals surface area (Å²) in [5.74, 6) is -0.668. The highest BCUT2D eigenvalue weighted by Crippen LogP contribution is 2.29. The van der Waals surface area contributed by atoms with E-state index in [0.717, 1.165) is 0 Å². The van der Waals surface area contributed by atoms with E-state index < -0.39 is 21.4 Å². The molecular weight excluding hydrogens is 195 g/mol. The van der Waals surface area contributed by atoms with Gasteiger partial charge >= 0.3 is 10.2 Å². The average Bonchev–Trinajstić information content (AvgIpc) is 2.03. The largest absolute Gasteiger partial charge is 0.317 e. The number of rotatable bonds is 2. The number of hydrogen-bond donors (Lipinski definition) is 1. The first-order valence-corrected chi connectivity index (χ1v) is 5.57. The van der Waals surface area contributed by atoms with Crippen LogP contribution in [0.4, 0.5) is 3.89 Å². The van der Waals surface area contributed by atoms with Crippen LogP contribution in [-0.2, 0) is 10.2 Å². The second kappa shape index (κ2) is 3.60. The van der Waals surface area contributed by atoms with Crippen molar-refractivity contribution in [3.05, 3.63) is 0 Å². The molecule has 0 spiro atoms. The smallest absolute Gasteiger partial charge is 0.303 e. The van der Waals surface area contributed by atoms with Gasteiger partial charge in [0.05, 0.1) is 17.2 Å². The third kappa shape index (κ3) is 2.94. The van der Waals surface area contributed by atoms with Gasteiger partial charge in [0.2, 0.25) is 0 Å². The molecule has 0 aromatic heterocycles. The van der Waals surface area contributed by atoms with Crippen LogP contribution in [0, 0.1) is 16.7 Å². The van der Waals surface area contributed by atoms with Crippen molar-refractivity contribution in [2.75, 3.05) is 18.8 Å². The summed E-state index contributed by atoms with van der Waals surface area (Å²) >= 11 is 0. The zero-order valence-corrected chi connectivity index (χ0v) is 7.90. The Bertz CT molecular complexity index is 314. The zero-order chi connectivity index (χ0) is 9.95. The molecule has 0 saturated carbocycles. The molecule has 74 valence electrons. The minimum Gasteiger partial charge on any atom is -0.317 e. The number of piperidine rings is 1. The molecule has 1 aliphatic heterocycles. The number of hydrogen-bond acceptors (Lipinski definition) is 4. The monoisotopic (exact) mass is 206 g/mol. The normalized spacial score (nSPS) is 22.2. The van der Waals surface area contributed by atoms with Crippen LogP contribution in [-0.4, -0.2) is 27.3 Å². The van der Waals surface area contributed by atoms with Crippen LogP contribution in [0.2, 0.25) is 0 Å². The number of nitrogens with one attached hydrogen (secondary N) is 1. The molecule has 1 rings (SSSR count). The molecule has 6 heteroatoms. The maximum atomic E-state index is 12.4. The first kappa shape index (κ1) is 10.4. The lowest BCUT2D eigenvalue weighted by atomic mass is 9.82. The van der Waals surface area contributed by atoms with E-state index in [4.69, 9.17) is 5.26 Å². The van der Waals surface area contributed by atoms with Crippen molar-refractivity contribution in [1.82, 2.24) is 5.32 Å². The van der Waals surface area contributed by atoms with Crippen molar-refractivity contribution in [3.8, 4) is 6.07 Å². The summed E-state index contributed by atoms with van der Waals surface area (Å²) in [7, 11) is -4.54. The van der Waals surface area contributed by atoms with E-state index in [1.54, 1.807) is 0 Å². The van der Waals surface area contributed by atoms with Crippen molar-refractivity contribution in [2.45, 2.75) is 12.8 Å². The number of nitrogens with zero attached hydrogens (tertiary/aromatic N) is 1. The first-order chi connectivity index (χ1) is 5.97. The Morgan fingerprint density at radius 2 is 2.00 bits per heavy atom. The van der Waals surface area contributed by atoms with Gasteiger partial charge in [-0.2, -0.15) is 13.7 Å². The molecule has 0 aliphatic carbocycles. The topological polar surface area (TPSA) is 70.0 Å². The molecule has 0 aromatic carbocycles. The lowest BCUT2D eigenvalue weighted by Gasteiger charge is -2.29. The van der Waals surface area contributed by atoms with Gasteiger partial charge in [-0.1, -0.05) is 0 Å². The van der Waals surface area contributed by atoms with Gasteiger partial charge in [-0.15, -0.1) is 3.89 Å². The lowest BCUT2D eigenvalue weighted by Crippen LogP contribution is -2.39. The molecule has 1 fully saturated rings. The molecule has 4 nitrogen and oxygen atoms in total. The molecule has 13 heavy (non-hydrogen) atoms. The number of halogens is 1. The predicted molar refractivity (Wildman–Crippen MR) is 45.0 cm³/mol. The Kier molecular flexibility index (Phi) is 2.88. The maximum absolute atomic E-state index is 12.4. The lowest BCUT2D eigenvalue weighted by molar-refractivity contribution is 0.310. The molecule has 0 radical (unpaired) electrons. The van der Waals surface area contributed by atoms with E-state index in [-0.39, 0.29) is 0 Å². The Morgan fingerprint density at radius 1 is 1.46 bits per heavy atom. The van der Waals surface area contributed by atoms with Crippen molar-refractivity contribution in [3.63, 3.8) is 0 Å². The molecule has 1 N–H and O–H groups in total. The van der Waals surface area contributed by atoms with Crippen molar-refractivity contribution in [1.29, 1.82) is 5.26 Å². The van der Waals surface area contributed by atoms with Crippen LogP contribution in [0.1, 0.15) is 12.8 Å². The van der Waals surface area contributed by atoms with E-state index in [9.17, 15) is 12.3 Å².